The van der Waals surface area contributed by atoms with Crippen LogP contribution in [0.2, 0.25) is 0 Å². The first-order valence-corrected chi connectivity index (χ1v) is 9.48. The van der Waals surface area contributed by atoms with Crippen LogP contribution in [0.15, 0.2) is 47.5 Å². The molecule has 0 unspecified atom stereocenters. The minimum absolute atomic E-state index is 0.426. The van der Waals surface area contributed by atoms with Gasteiger partial charge >= 0.3 is 0 Å². The number of rotatable bonds is 6. The van der Waals surface area contributed by atoms with E-state index in [1.54, 1.807) is 0 Å². The number of aromatic nitrogens is 4. The van der Waals surface area contributed by atoms with Crippen molar-refractivity contribution in [1.29, 1.82) is 0 Å². The maximum absolute atomic E-state index is 5.50. The third-order valence-electron chi connectivity index (χ3n) is 5.16. The summed E-state index contributed by atoms with van der Waals surface area (Å²) >= 11 is 0. The lowest BCUT2D eigenvalue weighted by atomic mass is 9.93. The molecular formula is C20H25N5O2. The summed E-state index contributed by atoms with van der Waals surface area (Å²) in [6.07, 6.45) is 6.93. The van der Waals surface area contributed by atoms with E-state index in [1.165, 1.54) is 0 Å². The van der Waals surface area contributed by atoms with E-state index in [2.05, 4.69) is 31.5 Å². The first-order chi connectivity index (χ1) is 13.2. The standard InChI is InChI=1S/C20H25N5O2/c1-3-26-17-6-4-16(5-7-17)20-22-19(27-23-20)13-24-10-8-15(2)18(12-24)25-11-9-21-14-25/h4-7,9,11,14-15,18H,3,8,10,12-13H2,1-2H3/t15-,18+/m0/s1. The molecule has 2 aromatic heterocycles. The molecule has 2 atom stereocenters. The largest absolute Gasteiger partial charge is 0.494 e. The summed E-state index contributed by atoms with van der Waals surface area (Å²) in [4.78, 5) is 11.1. The number of hydrogen-bond donors (Lipinski definition) is 0. The molecule has 4 rings (SSSR count). The Labute approximate surface area is 159 Å². The molecule has 1 aliphatic rings. The van der Waals surface area contributed by atoms with Gasteiger partial charge in [-0.15, -0.1) is 0 Å². The Morgan fingerprint density at radius 2 is 2.11 bits per heavy atom. The van der Waals surface area contributed by atoms with E-state index in [-0.39, 0.29) is 0 Å². The average Bonchev–Trinajstić information content (AvgIpc) is 3.36. The van der Waals surface area contributed by atoms with Crippen molar-refractivity contribution in [2.75, 3.05) is 19.7 Å². The number of likely N-dealkylation sites (tertiary alicyclic amines) is 1. The summed E-state index contributed by atoms with van der Waals surface area (Å²) in [7, 11) is 0. The van der Waals surface area contributed by atoms with E-state index in [0.29, 0.717) is 36.8 Å². The Bertz CT molecular complexity index is 844. The van der Waals surface area contributed by atoms with Crippen molar-refractivity contribution in [3.8, 4) is 17.1 Å². The smallest absolute Gasteiger partial charge is 0.241 e. The fraction of sp³-hybridized carbons (Fsp3) is 0.450. The molecule has 3 aromatic rings. The molecule has 1 aliphatic heterocycles. The van der Waals surface area contributed by atoms with Gasteiger partial charge in [0.05, 0.1) is 19.5 Å². The third-order valence-corrected chi connectivity index (χ3v) is 5.16. The third kappa shape index (κ3) is 4.03. The number of ether oxygens (including phenoxy) is 1. The van der Waals surface area contributed by atoms with Gasteiger partial charge in [0.1, 0.15) is 5.75 Å². The Morgan fingerprint density at radius 3 is 2.85 bits per heavy atom. The molecule has 0 amide bonds. The normalized spacial score (nSPS) is 20.7. The lowest BCUT2D eigenvalue weighted by molar-refractivity contribution is 0.114. The minimum atomic E-state index is 0.426. The highest BCUT2D eigenvalue weighted by Gasteiger charge is 2.28. The number of benzene rings is 1. The van der Waals surface area contributed by atoms with Crippen LogP contribution in [0.1, 0.15) is 32.2 Å². The zero-order chi connectivity index (χ0) is 18.6. The van der Waals surface area contributed by atoms with Crippen LogP contribution in [0.3, 0.4) is 0 Å². The van der Waals surface area contributed by atoms with Crippen molar-refractivity contribution < 1.29 is 9.26 Å². The maximum atomic E-state index is 5.50. The van der Waals surface area contributed by atoms with Gasteiger partial charge in [-0.2, -0.15) is 4.98 Å². The molecule has 0 aliphatic carbocycles. The van der Waals surface area contributed by atoms with Crippen LogP contribution in [-0.2, 0) is 6.54 Å². The van der Waals surface area contributed by atoms with Gasteiger partial charge in [0.25, 0.3) is 0 Å². The molecular weight excluding hydrogens is 342 g/mol. The summed E-state index contributed by atoms with van der Waals surface area (Å²) in [5.74, 6) is 2.73. The highest BCUT2D eigenvalue weighted by atomic mass is 16.5. The summed E-state index contributed by atoms with van der Waals surface area (Å²) < 4.78 is 13.2. The summed E-state index contributed by atoms with van der Waals surface area (Å²) in [5, 5.41) is 4.14. The first kappa shape index (κ1) is 17.7. The summed E-state index contributed by atoms with van der Waals surface area (Å²) in [5.41, 5.74) is 0.928. The molecule has 0 N–H and O–H groups in total. The number of hydrogen-bond acceptors (Lipinski definition) is 6. The summed E-state index contributed by atoms with van der Waals surface area (Å²) in [6, 6.07) is 8.19. The lowest BCUT2D eigenvalue weighted by Crippen LogP contribution is -2.40. The highest BCUT2D eigenvalue weighted by molar-refractivity contribution is 5.55. The van der Waals surface area contributed by atoms with Gasteiger partial charge in [-0.25, -0.2) is 4.98 Å². The molecule has 1 fully saturated rings. The second kappa shape index (κ2) is 7.92. The van der Waals surface area contributed by atoms with Crippen LogP contribution in [0.25, 0.3) is 11.4 Å². The van der Waals surface area contributed by atoms with Gasteiger partial charge in [0.2, 0.25) is 11.7 Å². The zero-order valence-electron chi connectivity index (χ0n) is 15.8. The molecule has 7 heteroatoms. The molecule has 3 heterocycles. The first-order valence-electron chi connectivity index (χ1n) is 9.48. The quantitative estimate of drug-likeness (QED) is 0.665. The van der Waals surface area contributed by atoms with Crippen molar-refractivity contribution in [1.82, 2.24) is 24.6 Å². The number of nitrogens with zero attached hydrogens (tertiary/aromatic N) is 5. The van der Waals surface area contributed by atoms with Crippen molar-refractivity contribution in [3.05, 3.63) is 48.9 Å². The van der Waals surface area contributed by atoms with Crippen molar-refractivity contribution in [2.45, 2.75) is 32.9 Å². The van der Waals surface area contributed by atoms with Crippen LogP contribution in [0.5, 0.6) is 5.75 Å². The fourth-order valence-corrected chi connectivity index (χ4v) is 3.61. The maximum Gasteiger partial charge on any atom is 0.241 e. The van der Waals surface area contributed by atoms with E-state index >= 15 is 0 Å². The predicted octanol–water partition coefficient (Wildman–Crippen LogP) is 3.41. The monoisotopic (exact) mass is 367 g/mol. The molecule has 7 nitrogen and oxygen atoms in total. The number of imidazole rings is 1. The molecule has 142 valence electrons. The van der Waals surface area contributed by atoms with E-state index in [4.69, 9.17) is 9.26 Å². The Balaban J connectivity index is 1.41. The van der Waals surface area contributed by atoms with Gasteiger partial charge in [0.15, 0.2) is 0 Å². The van der Waals surface area contributed by atoms with E-state index in [0.717, 1.165) is 30.8 Å². The van der Waals surface area contributed by atoms with E-state index < -0.39 is 0 Å². The predicted molar refractivity (Wildman–Crippen MR) is 101 cm³/mol. The van der Waals surface area contributed by atoms with Gasteiger partial charge in [-0.3, -0.25) is 4.90 Å². The fourth-order valence-electron chi connectivity index (χ4n) is 3.61. The van der Waals surface area contributed by atoms with E-state index in [9.17, 15) is 0 Å². The molecule has 1 saturated heterocycles. The topological polar surface area (TPSA) is 69.2 Å². The van der Waals surface area contributed by atoms with Crippen LogP contribution in [0, 0.1) is 5.92 Å². The number of piperidine rings is 1. The molecule has 0 spiro atoms. The van der Waals surface area contributed by atoms with Crippen molar-refractivity contribution in [2.24, 2.45) is 5.92 Å². The second-order valence-electron chi connectivity index (χ2n) is 7.05. The van der Waals surface area contributed by atoms with Gasteiger partial charge < -0.3 is 13.8 Å². The molecule has 1 aromatic carbocycles. The molecule has 0 saturated carbocycles. The Kier molecular flexibility index (Phi) is 5.20. The van der Waals surface area contributed by atoms with Crippen molar-refractivity contribution in [3.63, 3.8) is 0 Å². The zero-order valence-corrected chi connectivity index (χ0v) is 15.8. The van der Waals surface area contributed by atoms with Crippen LogP contribution in [-0.4, -0.2) is 44.3 Å². The molecule has 0 radical (unpaired) electrons. The molecule has 27 heavy (non-hydrogen) atoms. The molecule has 0 bridgehead atoms. The van der Waals surface area contributed by atoms with Crippen LogP contribution < -0.4 is 4.74 Å². The second-order valence-corrected chi connectivity index (χ2v) is 7.05. The van der Waals surface area contributed by atoms with Crippen molar-refractivity contribution >= 4 is 0 Å². The Hall–Kier alpha value is -2.67. The van der Waals surface area contributed by atoms with E-state index in [1.807, 2.05) is 49.9 Å². The average molecular weight is 367 g/mol. The van der Waals surface area contributed by atoms with Gasteiger partial charge in [0, 0.05) is 30.5 Å². The van der Waals surface area contributed by atoms with Crippen LogP contribution in [0.4, 0.5) is 0 Å². The highest BCUT2D eigenvalue weighted by Crippen LogP contribution is 2.28. The van der Waals surface area contributed by atoms with Crippen LogP contribution >= 0.6 is 0 Å². The Morgan fingerprint density at radius 1 is 1.26 bits per heavy atom. The minimum Gasteiger partial charge on any atom is -0.494 e. The SMILES string of the molecule is CCOc1ccc(-c2noc(CN3CC[C@H](C)[C@H](n4ccnc4)C3)n2)cc1. The summed E-state index contributed by atoms with van der Waals surface area (Å²) in [6.45, 7) is 7.59. The lowest BCUT2D eigenvalue weighted by Gasteiger charge is -2.36. The van der Waals surface area contributed by atoms with Gasteiger partial charge in [-0.1, -0.05) is 12.1 Å². The van der Waals surface area contributed by atoms with Gasteiger partial charge in [-0.05, 0) is 50.1 Å².